The first-order valence-electron chi connectivity index (χ1n) is 6.45. The zero-order chi connectivity index (χ0) is 14.5. The smallest absolute Gasteiger partial charge is 0.331 e. The minimum atomic E-state index is -0.942. The molecule has 0 saturated heterocycles. The van der Waals surface area contributed by atoms with Gasteiger partial charge in [-0.15, -0.1) is 0 Å². The maximum Gasteiger partial charge on any atom is 0.331 e. The SMILES string of the molecule is C=C(CC=Cc1ccccc1)C(=O)O.CCNCC. The van der Waals surface area contributed by atoms with E-state index in [0.717, 1.165) is 18.7 Å². The number of rotatable bonds is 6. The lowest BCUT2D eigenvalue weighted by Gasteiger charge is -1.93. The third kappa shape index (κ3) is 9.80. The van der Waals surface area contributed by atoms with Crippen LogP contribution in [-0.4, -0.2) is 24.2 Å². The molecule has 0 spiro atoms. The molecule has 3 heteroatoms. The Morgan fingerprint density at radius 3 is 2.26 bits per heavy atom. The summed E-state index contributed by atoms with van der Waals surface area (Å²) in [7, 11) is 0. The second-order valence-corrected chi connectivity index (χ2v) is 3.88. The van der Waals surface area contributed by atoms with Gasteiger partial charge in [-0.05, 0) is 25.1 Å². The number of allylic oxidation sites excluding steroid dienone is 1. The van der Waals surface area contributed by atoms with Crippen LogP contribution in [0.25, 0.3) is 6.08 Å². The van der Waals surface area contributed by atoms with E-state index in [2.05, 4.69) is 25.7 Å². The largest absolute Gasteiger partial charge is 0.478 e. The van der Waals surface area contributed by atoms with E-state index in [1.807, 2.05) is 36.4 Å². The number of carboxylic acid groups (broad SMARTS) is 1. The lowest BCUT2D eigenvalue weighted by atomic mass is 10.1. The van der Waals surface area contributed by atoms with Crippen LogP contribution in [-0.2, 0) is 4.79 Å². The molecule has 3 nitrogen and oxygen atoms in total. The third-order valence-electron chi connectivity index (χ3n) is 2.28. The summed E-state index contributed by atoms with van der Waals surface area (Å²) >= 11 is 0. The lowest BCUT2D eigenvalue weighted by molar-refractivity contribution is -0.132. The molecule has 0 saturated carbocycles. The van der Waals surface area contributed by atoms with Gasteiger partial charge in [0.25, 0.3) is 0 Å². The minimum absolute atomic E-state index is 0.206. The van der Waals surface area contributed by atoms with Crippen molar-refractivity contribution < 1.29 is 9.90 Å². The molecule has 1 aromatic carbocycles. The van der Waals surface area contributed by atoms with Crippen LogP contribution in [0.1, 0.15) is 25.8 Å². The Bertz CT molecular complexity index is 394. The van der Waals surface area contributed by atoms with Crippen LogP contribution in [0.3, 0.4) is 0 Å². The van der Waals surface area contributed by atoms with Crippen molar-refractivity contribution >= 4 is 12.0 Å². The minimum Gasteiger partial charge on any atom is -0.478 e. The summed E-state index contributed by atoms with van der Waals surface area (Å²) in [6.07, 6.45) is 4.06. The summed E-state index contributed by atoms with van der Waals surface area (Å²) in [6, 6.07) is 9.73. The first kappa shape index (κ1) is 17.1. The number of nitrogens with one attached hydrogen (secondary N) is 1. The highest BCUT2D eigenvalue weighted by Crippen LogP contribution is 2.05. The highest BCUT2D eigenvalue weighted by Gasteiger charge is 1.99. The summed E-state index contributed by atoms with van der Waals surface area (Å²) in [5, 5.41) is 11.7. The van der Waals surface area contributed by atoms with Crippen molar-refractivity contribution in [2.75, 3.05) is 13.1 Å². The average Bonchev–Trinajstić information content (AvgIpc) is 2.41. The fourth-order valence-electron chi connectivity index (χ4n) is 1.24. The zero-order valence-electron chi connectivity index (χ0n) is 11.7. The summed E-state index contributed by atoms with van der Waals surface area (Å²) in [5.41, 5.74) is 1.27. The van der Waals surface area contributed by atoms with Crippen molar-refractivity contribution in [1.82, 2.24) is 5.32 Å². The van der Waals surface area contributed by atoms with E-state index >= 15 is 0 Å². The number of hydrogen-bond donors (Lipinski definition) is 2. The maximum atomic E-state index is 10.4. The predicted octanol–water partition coefficient (Wildman–Crippen LogP) is 3.35. The Balaban J connectivity index is 0.000000555. The van der Waals surface area contributed by atoms with Gasteiger partial charge in [-0.2, -0.15) is 0 Å². The fraction of sp³-hybridized carbons (Fsp3) is 0.312. The van der Waals surface area contributed by atoms with E-state index in [1.165, 1.54) is 0 Å². The van der Waals surface area contributed by atoms with Gasteiger partial charge in [-0.25, -0.2) is 4.79 Å². The second kappa shape index (κ2) is 11.2. The Kier molecular flexibility index (Phi) is 10.1. The number of carboxylic acids is 1. The standard InChI is InChI=1S/C12H12O2.C4H11N/c1-10(12(13)14)6-5-9-11-7-3-2-4-8-11;1-3-5-4-2/h2-5,7-9H,1,6H2,(H,13,14);5H,3-4H2,1-2H3. The summed E-state index contributed by atoms with van der Waals surface area (Å²) in [6.45, 7) is 9.82. The Labute approximate surface area is 115 Å². The van der Waals surface area contributed by atoms with Gasteiger partial charge in [-0.3, -0.25) is 0 Å². The van der Waals surface area contributed by atoms with Crippen molar-refractivity contribution in [2.45, 2.75) is 20.3 Å². The van der Waals surface area contributed by atoms with Crippen molar-refractivity contribution in [3.63, 3.8) is 0 Å². The molecule has 1 rings (SSSR count). The molecule has 0 unspecified atom stereocenters. The zero-order valence-corrected chi connectivity index (χ0v) is 11.7. The first-order chi connectivity index (χ1) is 9.11. The number of benzene rings is 1. The maximum absolute atomic E-state index is 10.4. The fourth-order valence-corrected chi connectivity index (χ4v) is 1.24. The molecule has 0 aliphatic heterocycles. The molecule has 0 amide bonds. The summed E-state index contributed by atoms with van der Waals surface area (Å²) in [4.78, 5) is 10.4. The molecule has 1 aromatic rings. The van der Waals surface area contributed by atoms with Gasteiger partial charge in [0.2, 0.25) is 0 Å². The quantitative estimate of drug-likeness (QED) is 0.772. The van der Waals surface area contributed by atoms with E-state index < -0.39 is 5.97 Å². The lowest BCUT2D eigenvalue weighted by Crippen LogP contribution is -2.09. The van der Waals surface area contributed by atoms with Crippen LogP contribution in [0.15, 0.2) is 48.6 Å². The highest BCUT2D eigenvalue weighted by molar-refractivity contribution is 5.86. The molecule has 19 heavy (non-hydrogen) atoms. The summed E-state index contributed by atoms with van der Waals surface area (Å²) < 4.78 is 0. The molecular formula is C16H23NO2. The van der Waals surface area contributed by atoms with Gasteiger partial charge in [0.05, 0.1) is 0 Å². The molecule has 0 aliphatic carbocycles. The Hall–Kier alpha value is -1.87. The van der Waals surface area contributed by atoms with Crippen molar-refractivity contribution in [3.8, 4) is 0 Å². The van der Waals surface area contributed by atoms with E-state index in [0.29, 0.717) is 6.42 Å². The molecular weight excluding hydrogens is 238 g/mol. The summed E-state index contributed by atoms with van der Waals surface area (Å²) in [5.74, 6) is -0.942. The van der Waals surface area contributed by atoms with Crippen molar-refractivity contribution in [1.29, 1.82) is 0 Å². The van der Waals surface area contributed by atoms with Crippen LogP contribution < -0.4 is 5.32 Å². The number of hydrogen-bond acceptors (Lipinski definition) is 2. The molecule has 0 aliphatic rings. The van der Waals surface area contributed by atoms with Crippen molar-refractivity contribution in [3.05, 3.63) is 54.1 Å². The highest BCUT2D eigenvalue weighted by atomic mass is 16.4. The molecule has 0 heterocycles. The van der Waals surface area contributed by atoms with E-state index in [1.54, 1.807) is 6.08 Å². The Morgan fingerprint density at radius 2 is 1.84 bits per heavy atom. The average molecular weight is 261 g/mol. The monoisotopic (exact) mass is 261 g/mol. The van der Waals surface area contributed by atoms with Gasteiger partial charge in [0.15, 0.2) is 0 Å². The molecule has 0 aromatic heterocycles. The predicted molar refractivity (Wildman–Crippen MR) is 81.1 cm³/mol. The van der Waals surface area contributed by atoms with Crippen LogP contribution in [0.5, 0.6) is 0 Å². The van der Waals surface area contributed by atoms with Gasteiger partial charge >= 0.3 is 5.97 Å². The van der Waals surface area contributed by atoms with Crippen LogP contribution in [0.4, 0.5) is 0 Å². The van der Waals surface area contributed by atoms with E-state index in [4.69, 9.17) is 5.11 Å². The van der Waals surface area contributed by atoms with E-state index in [-0.39, 0.29) is 5.57 Å². The molecule has 0 bridgehead atoms. The molecule has 0 radical (unpaired) electrons. The third-order valence-corrected chi connectivity index (χ3v) is 2.28. The molecule has 0 atom stereocenters. The van der Waals surface area contributed by atoms with Gasteiger partial charge < -0.3 is 10.4 Å². The first-order valence-corrected chi connectivity index (χ1v) is 6.45. The van der Waals surface area contributed by atoms with Gasteiger partial charge in [-0.1, -0.05) is 62.9 Å². The Morgan fingerprint density at radius 1 is 1.26 bits per heavy atom. The molecule has 0 fully saturated rings. The van der Waals surface area contributed by atoms with Crippen LogP contribution in [0.2, 0.25) is 0 Å². The topological polar surface area (TPSA) is 49.3 Å². The van der Waals surface area contributed by atoms with Crippen LogP contribution in [0, 0.1) is 0 Å². The normalized spacial score (nSPS) is 9.79. The number of aliphatic carboxylic acids is 1. The van der Waals surface area contributed by atoms with E-state index in [9.17, 15) is 4.79 Å². The molecule has 2 N–H and O–H groups in total. The van der Waals surface area contributed by atoms with Gasteiger partial charge in [0, 0.05) is 5.57 Å². The second-order valence-electron chi connectivity index (χ2n) is 3.88. The molecule has 104 valence electrons. The van der Waals surface area contributed by atoms with Gasteiger partial charge in [0.1, 0.15) is 0 Å². The number of carbonyl (C=O) groups is 1. The van der Waals surface area contributed by atoms with Crippen molar-refractivity contribution in [2.24, 2.45) is 0 Å². The van der Waals surface area contributed by atoms with Crippen LogP contribution >= 0.6 is 0 Å².